The van der Waals surface area contributed by atoms with Crippen molar-refractivity contribution in [3.8, 4) is 5.75 Å². The van der Waals surface area contributed by atoms with E-state index in [-0.39, 0.29) is 24.0 Å². The van der Waals surface area contributed by atoms with Gasteiger partial charge >= 0.3 is 5.97 Å². The van der Waals surface area contributed by atoms with Crippen LogP contribution in [0.3, 0.4) is 0 Å². The lowest BCUT2D eigenvalue weighted by molar-refractivity contribution is -0.176. The van der Waals surface area contributed by atoms with Crippen LogP contribution in [0.5, 0.6) is 5.75 Å². The van der Waals surface area contributed by atoms with E-state index in [1.807, 2.05) is 6.92 Å². The van der Waals surface area contributed by atoms with Crippen LogP contribution in [0.4, 0.5) is 5.69 Å². The van der Waals surface area contributed by atoms with Crippen LogP contribution in [0.2, 0.25) is 5.02 Å². The van der Waals surface area contributed by atoms with Crippen LogP contribution >= 0.6 is 11.6 Å². The fourth-order valence-electron chi connectivity index (χ4n) is 6.42. The summed E-state index contributed by atoms with van der Waals surface area (Å²) in [6.07, 6.45) is 5.09. The fourth-order valence-corrected chi connectivity index (χ4v) is 6.57. The first kappa shape index (κ1) is 21.9. The molecule has 4 bridgehead atoms. The second-order valence-corrected chi connectivity index (χ2v) is 10.0. The molecule has 4 saturated carbocycles. The van der Waals surface area contributed by atoms with Gasteiger partial charge in [-0.25, -0.2) is 0 Å². The molecule has 0 radical (unpaired) electrons. The third kappa shape index (κ3) is 4.25. The van der Waals surface area contributed by atoms with Crippen LogP contribution < -0.4 is 15.4 Å². The highest BCUT2D eigenvalue weighted by Crippen LogP contribution is 2.62. The maximum absolute atomic E-state index is 13.1. The molecule has 1 aromatic rings. The molecule has 0 saturated heterocycles. The highest BCUT2D eigenvalue weighted by atomic mass is 35.5. The number of nitrogens with one attached hydrogen (secondary N) is 2. The van der Waals surface area contributed by atoms with Crippen molar-refractivity contribution < 1.29 is 23.9 Å². The van der Waals surface area contributed by atoms with Gasteiger partial charge in [0, 0.05) is 23.6 Å². The summed E-state index contributed by atoms with van der Waals surface area (Å²) in [7, 11) is 1.49. The minimum absolute atomic E-state index is 0.0583. The van der Waals surface area contributed by atoms with E-state index >= 15 is 0 Å². The summed E-state index contributed by atoms with van der Waals surface area (Å²) < 4.78 is 10.8. The number of anilines is 1. The number of ether oxygens (including phenoxy) is 2. The lowest BCUT2D eigenvalue weighted by atomic mass is 9.47. The molecule has 4 fully saturated rings. The molecule has 4 aliphatic rings. The van der Waals surface area contributed by atoms with Crippen molar-refractivity contribution in [3.63, 3.8) is 0 Å². The lowest BCUT2D eigenvalue weighted by Crippen LogP contribution is -2.64. The summed E-state index contributed by atoms with van der Waals surface area (Å²) >= 11 is 6.11. The van der Waals surface area contributed by atoms with Gasteiger partial charge in [-0.15, -0.1) is 0 Å². The molecule has 0 spiro atoms. The van der Waals surface area contributed by atoms with Gasteiger partial charge in [0.2, 0.25) is 5.91 Å². The third-order valence-corrected chi connectivity index (χ3v) is 7.43. The number of aryl methyl sites for hydroxylation is 1. The Labute approximate surface area is 187 Å². The zero-order valence-corrected chi connectivity index (χ0v) is 18.9. The number of hydrogen-bond acceptors (Lipinski definition) is 5. The van der Waals surface area contributed by atoms with Crippen LogP contribution in [0, 0.1) is 24.2 Å². The number of esters is 1. The molecular weight excluding hydrogens is 420 g/mol. The molecule has 2 N–H and O–H groups in total. The van der Waals surface area contributed by atoms with Crippen LogP contribution in [0.1, 0.15) is 51.0 Å². The number of benzene rings is 1. The van der Waals surface area contributed by atoms with Gasteiger partial charge in [-0.1, -0.05) is 11.6 Å². The molecule has 0 aliphatic heterocycles. The van der Waals surface area contributed by atoms with E-state index < -0.39 is 11.3 Å². The first-order valence-corrected chi connectivity index (χ1v) is 11.1. The molecule has 0 unspecified atom stereocenters. The molecule has 2 atom stereocenters. The second kappa shape index (κ2) is 8.01. The summed E-state index contributed by atoms with van der Waals surface area (Å²) in [6.45, 7) is 2.99. The molecular formula is C23H29ClN2O5. The van der Waals surface area contributed by atoms with Gasteiger partial charge in [-0.3, -0.25) is 14.4 Å². The number of carbonyl (C=O) groups is 3. The molecule has 168 valence electrons. The van der Waals surface area contributed by atoms with Crippen molar-refractivity contribution in [1.82, 2.24) is 5.32 Å². The Balaban J connectivity index is 1.42. The second-order valence-electron chi connectivity index (χ2n) is 9.63. The lowest BCUT2D eigenvalue weighted by Gasteiger charge is -2.60. The van der Waals surface area contributed by atoms with E-state index in [4.69, 9.17) is 21.1 Å². The Morgan fingerprint density at radius 3 is 2.45 bits per heavy atom. The van der Waals surface area contributed by atoms with Crippen LogP contribution in [0.15, 0.2) is 12.1 Å². The number of amides is 2. The Hall–Kier alpha value is -2.28. The van der Waals surface area contributed by atoms with E-state index in [0.717, 1.165) is 37.7 Å². The van der Waals surface area contributed by atoms with E-state index in [2.05, 4.69) is 10.6 Å². The molecule has 8 heteroatoms. The molecule has 4 aliphatic carbocycles. The van der Waals surface area contributed by atoms with E-state index in [1.54, 1.807) is 12.1 Å². The zero-order valence-electron chi connectivity index (χ0n) is 18.2. The highest BCUT2D eigenvalue weighted by molar-refractivity contribution is 6.31. The van der Waals surface area contributed by atoms with Gasteiger partial charge in [0.05, 0.1) is 18.2 Å². The van der Waals surface area contributed by atoms with Crippen molar-refractivity contribution in [3.05, 3.63) is 22.7 Å². The summed E-state index contributed by atoms with van der Waals surface area (Å²) in [5, 5.41) is 6.41. The highest BCUT2D eigenvalue weighted by Gasteiger charge is 2.61. The third-order valence-electron chi connectivity index (χ3n) is 7.02. The first-order chi connectivity index (χ1) is 14.6. The molecule has 7 nitrogen and oxygen atoms in total. The number of rotatable bonds is 6. The Bertz CT molecular complexity index is 917. The molecule has 1 aromatic carbocycles. The van der Waals surface area contributed by atoms with Crippen molar-refractivity contribution in [2.75, 3.05) is 19.0 Å². The maximum Gasteiger partial charge on any atom is 0.312 e. The average molecular weight is 449 g/mol. The van der Waals surface area contributed by atoms with Gasteiger partial charge in [0.15, 0.2) is 6.61 Å². The monoisotopic (exact) mass is 448 g/mol. The van der Waals surface area contributed by atoms with Gasteiger partial charge in [-0.05, 0) is 68.9 Å². The van der Waals surface area contributed by atoms with E-state index in [9.17, 15) is 14.4 Å². The van der Waals surface area contributed by atoms with Crippen LogP contribution in [0.25, 0.3) is 0 Å². The van der Waals surface area contributed by atoms with Gasteiger partial charge in [0.25, 0.3) is 5.91 Å². The predicted octanol–water partition coefficient (Wildman–Crippen LogP) is 3.61. The SMILES string of the molecule is COc1cc(Cl)c(C)cc1NC(=O)COC(=O)C12C[C@@H]3C[C@H](CC(NC(C)=O)(C3)C1)C2. The van der Waals surface area contributed by atoms with Gasteiger partial charge in [0.1, 0.15) is 5.75 Å². The smallest absolute Gasteiger partial charge is 0.312 e. The standard InChI is InChI=1S/C23H29ClN2O5/c1-13-4-18(19(30-3)6-17(13)24)25-20(28)11-31-21(29)22-7-15-5-16(8-22)10-23(9-15,12-22)26-14(2)27/h4,6,15-16H,5,7-12H2,1-3H3,(H,25,28)(H,26,27)/t15-,16-,22?,23?/m0/s1. The minimum Gasteiger partial charge on any atom is -0.495 e. The molecule has 31 heavy (non-hydrogen) atoms. The largest absolute Gasteiger partial charge is 0.495 e. The molecule has 5 rings (SSSR count). The van der Waals surface area contributed by atoms with E-state index in [1.165, 1.54) is 14.0 Å². The number of methoxy groups -OCH3 is 1. The topological polar surface area (TPSA) is 93.7 Å². The van der Waals surface area contributed by atoms with E-state index in [0.29, 0.717) is 34.7 Å². The van der Waals surface area contributed by atoms with Crippen molar-refractivity contribution in [1.29, 1.82) is 0 Å². The Morgan fingerprint density at radius 1 is 1.16 bits per heavy atom. The predicted molar refractivity (Wildman–Crippen MR) is 116 cm³/mol. The summed E-state index contributed by atoms with van der Waals surface area (Å²) in [6, 6.07) is 3.35. The summed E-state index contributed by atoms with van der Waals surface area (Å²) in [4.78, 5) is 37.4. The summed E-state index contributed by atoms with van der Waals surface area (Å²) in [5.41, 5.74) is 0.351. The van der Waals surface area contributed by atoms with Crippen LogP contribution in [-0.2, 0) is 19.1 Å². The van der Waals surface area contributed by atoms with Crippen molar-refractivity contribution in [2.45, 2.75) is 57.9 Å². The van der Waals surface area contributed by atoms with Crippen molar-refractivity contribution >= 4 is 35.1 Å². The number of hydrogen-bond donors (Lipinski definition) is 2. The van der Waals surface area contributed by atoms with Crippen LogP contribution in [-0.4, -0.2) is 37.0 Å². The molecule has 0 heterocycles. The quantitative estimate of drug-likeness (QED) is 0.648. The Kier molecular flexibility index (Phi) is 5.66. The zero-order chi connectivity index (χ0) is 22.4. The maximum atomic E-state index is 13.1. The Morgan fingerprint density at radius 2 is 1.84 bits per heavy atom. The molecule has 0 aromatic heterocycles. The number of halogens is 1. The normalized spacial score (nSPS) is 30.6. The van der Waals surface area contributed by atoms with Gasteiger partial charge < -0.3 is 20.1 Å². The fraction of sp³-hybridized carbons (Fsp3) is 0.609. The first-order valence-electron chi connectivity index (χ1n) is 10.7. The average Bonchev–Trinajstić information content (AvgIpc) is 2.66. The number of carbonyl (C=O) groups excluding carboxylic acids is 3. The summed E-state index contributed by atoms with van der Waals surface area (Å²) in [5.74, 6) is 0.442. The van der Waals surface area contributed by atoms with Crippen molar-refractivity contribution in [2.24, 2.45) is 17.3 Å². The minimum atomic E-state index is -0.610. The van der Waals surface area contributed by atoms with Gasteiger partial charge in [-0.2, -0.15) is 0 Å². The molecule has 2 amide bonds.